The van der Waals surface area contributed by atoms with Crippen LogP contribution < -0.4 is 5.32 Å². The molecule has 2 aromatic rings. The number of aryl methyl sites for hydroxylation is 1. The lowest BCUT2D eigenvalue weighted by molar-refractivity contribution is 0.0936. The van der Waals surface area contributed by atoms with Crippen molar-refractivity contribution < 1.29 is 18.3 Å². The van der Waals surface area contributed by atoms with Gasteiger partial charge in [-0.3, -0.25) is 9.89 Å². The van der Waals surface area contributed by atoms with Gasteiger partial charge in [0.25, 0.3) is 5.91 Å². The van der Waals surface area contributed by atoms with Crippen LogP contribution in [0.25, 0.3) is 11.3 Å². The average molecular weight is 335 g/mol. The van der Waals surface area contributed by atoms with Crippen molar-refractivity contribution >= 4 is 15.7 Å². The molecule has 122 valence electrons. The fraction of sp³-hybridized carbons (Fsp3) is 0.333. The van der Waals surface area contributed by atoms with E-state index in [1.54, 1.807) is 18.2 Å². The highest BCUT2D eigenvalue weighted by Crippen LogP contribution is 2.28. The summed E-state index contributed by atoms with van der Waals surface area (Å²) in [6, 6.07) is 6.29. The summed E-state index contributed by atoms with van der Waals surface area (Å²) in [7, 11) is -3.05. The average Bonchev–Trinajstić information content (AvgIpc) is 3.08. The Kier molecular flexibility index (Phi) is 3.85. The van der Waals surface area contributed by atoms with E-state index in [0.29, 0.717) is 17.7 Å². The van der Waals surface area contributed by atoms with Crippen LogP contribution in [0.1, 0.15) is 22.5 Å². The third-order valence-corrected chi connectivity index (χ3v) is 5.59. The van der Waals surface area contributed by atoms with Crippen molar-refractivity contribution in [2.24, 2.45) is 0 Å². The Hall–Kier alpha value is -2.35. The number of nitrogens with one attached hydrogen (secondary N) is 2. The van der Waals surface area contributed by atoms with Gasteiger partial charge in [-0.15, -0.1) is 0 Å². The normalized spacial score (nSPS) is 19.6. The molecule has 0 bridgehead atoms. The number of amides is 1. The first-order chi connectivity index (χ1) is 10.8. The quantitative estimate of drug-likeness (QED) is 0.775. The van der Waals surface area contributed by atoms with E-state index < -0.39 is 15.7 Å². The minimum atomic E-state index is -3.05. The molecule has 1 atom stereocenters. The maximum Gasteiger partial charge on any atom is 0.269 e. The molecule has 0 unspecified atom stereocenters. The second kappa shape index (κ2) is 5.69. The molecule has 3 rings (SSSR count). The van der Waals surface area contributed by atoms with Gasteiger partial charge >= 0.3 is 0 Å². The van der Waals surface area contributed by atoms with Gasteiger partial charge in [-0.1, -0.05) is 11.6 Å². The Morgan fingerprint density at radius 3 is 2.87 bits per heavy atom. The highest BCUT2D eigenvalue weighted by Gasteiger charge is 2.29. The number of hydrogen-bond acceptors (Lipinski definition) is 5. The summed E-state index contributed by atoms with van der Waals surface area (Å²) in [5.41, 5.74) is 2.17. The lowest BCUT2D eigenvalue weighted by Gasteiger charge is -2.08. The van der Waals surface area contributed by atoms with Gasteiger partial charge in [0.15, 0.2) is 9.84 Å². The van der Waals surface area contributed by atoms with Crippen LogP contribution in [0.5, 0.6) is 5.75 Å². The topological polar surface area (TPSA) is 112 Å². The standard InChI is InChI=1S/C15H17N3O4S/c1-9-2-3-14(19)11(6-9)12-7-13(18-17-12)15(20)16-10-4-5-23(21,22)8-10/h2-3,6-7,10,19H,4-5,8H2,1H3,(H,16,20)(H,17,18)/t10-/m0/s1. The molecule has 1 aliphatic heterocycles. The third kappa shape index (κ3) is 3.37. The van der Waals surface area contributed by atoms with Crippen LogP contribution in [0, 0.1) is 6.92 Å². The molecule has 0 radical (unpaired) electrons. The summed E-state index contributed by atoms with van der Waals surface area (Å²) in [6.45, 7) is 1.89. The van der Waals surface area contributed by atoms with Crippen LogP contribution in [-0.4, -0.2) is 47.2 Å². The maximum atomic E-state index is 12.2. The number of phenols is 1. The Labute approximate surface area is 133 Å². The van der Waals surface area contributed by atoms with E-state index in [-0.39, 0.29) is 29.0 Å². The smallest absolute Gasteiger partial charge is 0.269 e. The lowest BCUT2D eigenvalue weighted by Crippen LogP contribution is -2.35. The van der Waals surface area contributed by atoms with E-state index in [0.717, 1.165) is 5.56 Å². The fourth-order valence-corrected chi connectivity index (χ4v) is 4.28. The fourth-order valence-electron chi connectivity index (χ4n) is 2.60. The molecule has 1 aromatic carbocycles. The Morgan fingerprint density at radius 2 is 2.17 bits per heavy atom. The summed E-state index contributed by atoms with van der Waals surface area (Å²) in [4.78, 5) is 12.2. The van der Waals surface area contributed by atoms with E-state index in [9.17, 15) is 18.3 Å². The molecule has 1 saturated heterocycles. The van der Waals surface area contributed by atoms with Crippen LogP contribution >= 0.6 is 0 Å². The SMILES string of the molecule is Cc1ccc(O)c(-c2cc(C(=O)N[C@H]3CCS(=O)(=O)C3)[nH]n2)c1. The molecule has 3 N–H and O–H groups in total. The van der Waals surface area contributed by atoms with Crippen molar-refractivity contribution in [3.05, 3.63) is 35.5 Å². The zero-order chi connectivity index (χ0) is 16.6. The molecule has 7 nitrogen and oxygen atoms in total. The van der Waals surface area contributed by atoms with Crippen molar-refractivity contribution in [2.75, 3.05) is 11.5 Å². The molecule has 0 spiro atoms. The Balaban J connectivity index is 1.76. The predicted octanol–water partition coefficient (Wildman–Crippen LogP) is 1.01. The maximum absolute atomic E-state index is 12.2. The summed E-state index contributed by atoms with van der Waals surface area (Å²) in [5, 5.41) is 19.3. The number of aromatic nitrogens is 2. The first kappa shape index (κ1) is 15.5. The van der Waals surface area contributed by atoms with Gasteiger partial charge < -0.3 is 10.4 Å². The molecule has 0 aliphatic carbocycles. The number of H-pyrrole nitrogens is 1. The molecule has 1 aromatic heterocycles. The largest absolute Gasteiger partial charge is 0.507 e. The van der Waals surface area contributed by atoms with Gasteiger partial charge in [-0.25, -0.2) is 8.42 Å². The number of benzene rings is 1. The van der Waals surface area contributed by atoms with E-state index >= 15 is 0 Å². The van der Waals surface area contributed by atoms with Crippen LogP contribution in [0.2, 0.25) is 0 Å². The van der Waals surface area contributed by atoms with Crippen LogP contribution in [0.15, 0.2) is 24.3 Å². The van der Waals surface area contributed by atoms with Crippen molar-refractivity contribution in [3.8, 4) is 17.0 Å². The van der Waals surface area contributed by atoms with Crippen molar-refractivity contribution in [1.82, 2.24) is 15.5 Å². The molecule has 0 saturated carbocycles. The molecular weight excluding hydrogens is 318 g/mol. The second-order valence-electron chi connectivity index (χ2n) is 5.76. The number of sulfone groups is 1. The first-order valence-electron chi connectivity index (χ1n) is 7.21. The number of aromatic amines is 1. The summed E-state index contributed by atoms with van der Waals surface area (Å²) >= 11 is 0. The first-order valence-corrected chi connectivity index (χ1v) is 9.03. The summed E-state index contributed by atoms with van der Waals surface area (Å²) < 4.78 is 22.8. The van der Waals surface area contributed by atoms with Crippen LogP contribution in [0.4, 0.5) is 0 Å². The van der Waals surface area contributed by atoms with Crippen molar-refractivity contribution in [2.45, 2.75) is 19.4 Å². The van der Waals surface area contributed by atoms with E-state index in [1.807, 2.05) is 6.92 Å². The number of hydrogen-bond donors (Lipinski definition) is 3. The van der Waals surface area contributed by atoms with Gasteiger partial charge in [0, 0.05) is 11.6 Å². The minimum absolute atomic E-state index is 0.0294. The second-order valence-corrected chi connectivity index (χ2v) is 7.99. The highest BCUT2D eigenvalue weighted by atomic mass is 32.2. The number of aromatic hydroxyl groups is 1. The van der Waals surface area contributed by atoms with E-state index in [1.165, 1.54) is 6.07 Å². The number of nitrogens with zero attached hydrogens (tertiary/aromatic N) is 1. The number of carbonyl (C=O) groups is 1. The van der Waals surface area contributed by atoms with Gasteiger partial charge in [0.05, 0.1) is 17.2 Å². The van der Waals surface area contributed by atoms with Crippen molar-refractivity contribution in [3.63, 3.8) is 0 Å². The molecule has 23 heavy (non-hydrogen) atoms. The zero-order valence-electron chi connectivity index (χ0n) is 12.5. The third-order valence-electron chi connectivity index (χ3n) is 3.82. The molecule has 2 heterocycles. The van der Waals surface area contributed by atoms with Gasteiger partial charge in [-0.2, -0.15) is 5.10 Å². The minimum Gasteiger partial charge on any atom is -0.507 e. The van der Waals surface area contributed by atoms with Gasteiger partial charge in [0.2, 0.25) is 0 Å². The van der Waals surface area contributed by atoms with Crippen molar-refractivity contribution in [1.29, 1.82) is 0 Å². The van der Waals surface area contributed by atoms with E-state index in [2.05, 4.69) is 15.5 Å². The molecule has 1 fully saturated rings. The van der Waals surface area contributed by atoms with Gasteiger partial charge in [0.1, 0.15) is 11.4 Å². The molecule has 8 heteroatoms. The summed E-state index contributed by atoms with van der Waals surface area (Å²) in [5.74, 6) is -0.254. The zero-order valence-corrected chi connectivity index (χ0v) is 13.4. The highest BCUT2D eigenvalue weighted by molar-refractivity contribution is 7.91. The molecular formula is C15H17N3O4S. The van der Waals surface area contributed by atoms with E-state index in [4.69, 9.17) is 0 Å². The number of phenolic OH excluding ortho intramolecular Hbond substituents is 1. The Bertz CT molecular complexity index is 857. The number of carbonyl (C=O) groups excluding carboxylic acids is 1. The lowest BCUT2D eigenvalue weighted by atomic mass is 10.1. The Morgan fingerprint density at radius 1 is 1.39 bits per heavy atom. The van der Waals surface area contributed by atoms with Gasteiger partial charge in [-0.05, 0) is 31.5 Å². The molecule has 1 aliphatic rings. The molecule has 1 amide bonds. The predicted molar refractivity (Wildman–Crippen MR) is 85.0 cm³/mol. The monoisotopic (exact) mass is 335 g/mol. The van der Waals surface area contributed by atoms with Crippen LogP contribution in [0.3, 0.4) is 0 Å². The summed E-state index contributed by atoms with van der Waals surface area (Å²) in [6.07, 6.45) is 0.424. The van der Waals surface area contributed by atoms with Crippen LogP contribution in [-0.2, 0) is 9.84 Å². The number of rotatable bonds is 3.